The van der Waals surface area contributed by atoms with Crippen molar-refractivity contribution in [2.45, 2.75) is 38.1 Å². The highest BCUT2D eigenvalue weighted by Gasteiger charge is 2.37. The van der Waals surface area contributed by atoms with Crippen molar-refractivity contribution in [1.82, 2.24) is 10.2 Å². The number of carbonyl (C=O) groups is 3. The van der Waals surface area contributed by atoms with E-state index in [4.69, 9.17) is 10.5 Å². The van der Waals surface area contributed by atoms with E-state index < -0.39 is 30.0 Å². The van der Waals surface area contributed by atoms with Crippen molar-refractivity contribution in [3.05, 3.63) is 106 Å². The van der Waals surface area contributed by atoms with Gasteiger partial charge in [-0.25, -0.2) is 4.79 Å². The normalized spacial score (nSPS) is 15.6. The number of ether oxygens (including phenoxy) is 1. The van der Waals surface area contributed by atoms with Gasteiger partial charge < -0.3 is 15.8 Å². The minimum absolute atomic E-state index is 0.0953. The highest BCUT2D eigenvalue weighted by Crippen LogP contribution is 2.25. The van der Waals surface area contributed by atoms with Crippen molar-refractivity contribution in [3.63, 3.8) is 0 Å². The largest absolute Gasteiger partial charge is 0.445 e. The summed E-state index contributed by atoms with van der Waals surface area (Å²) in [6.07, 6.45) is -0.0577. The lowest BCUT2D eigenvalue weighted by Gasteiger charge is -2.35. The summed E-state index contributed by atoms with van der Waals surface area (Å²) in [4.78, 5) is 40.1. The number of rotatable bonds is 7. The van der Waals surface area contributed by atoms with Gasteiger partial charge in [0.25, 0.3) is 0 Å². The molecule has 1 aliphatic heterocycles. The molecule has 0 aromatic heterocycles. The number of hydrogen-bond donors (Lipinski definition) is 2. The first kappa shape index (κ1) is 24.5. The van der Waals surface area contributed by atoms with Crippen LogP contribution in [-0.4, -0.2) is 34.9 Å². The summed E-state index contributed by atoms with van der Waals surface area (Å²) in [6.45, 7) is 0.325. The molecule has 1 heterocycles. The standard InChI is InChI=1S/C27H26BrN3O4/c28-22-13-7-6-11-20(22)14-23(25(29)32)30-26(33)24-15-19-10-4-5-12-21(19)16-31(24)27(34)35-17-18-8-2-1-3-9-18/h1-13,23-24H,14-17H2,(H2,29,32)(H,30,33)/t23-,24-/m0/s1. The third-order valence-electron chi connectivity index (χ3n) is 6.03. The lowest BCUT2D eigenvalue weighted by Crippen LogP contribution is -2.56. The van der Waals surface area contributed by atoms with Gasteiger partial charge in [0.05, 0.1) is 6.54 Å². The summed E-state index contributed by atoms with van der Waals surface area (Å²) < 4.78 is 6.35. The van der Waals surface area contributed by atoms with Crippen LogP contribution < -0.4 is 11.1 Å². The van der Waals surface area contributed by atoms with Crippen LogP contribution in [0, 0.1) is 0 Å². The summed E-state index contributed by atoms with van der Waals surface area (Å²) in [5, 5.41) is 2.77. The molecule has 0 saturated carbocycles. The molecule has 8 heteroatoms. The predicted octanol–water partition coefficient (Wildman–Crippen LogP) is 3.73. The van der Waals surface area contributed by atoms with E-state index in [0.717, 1.165) is 26.7 Å². The van der Waals surface area contributed by atoms with Crippen molar-refractivity contribution >= 4 is 33.8 Å². The lowest BCUT2D eigenvalue weighted by molar-refractivity contribution is -0.131. The first-order chi connectivity index (χ1) is 16.9. The Labute approximate surface area is 212 Å². The molecule has 1 aliphatic rings. The fraction of sp³-hybridized carbons (Fsp3) is 0.222. The zero-order chi connectivity index (χ0) is 24.8. The third kappa shape index (κ3) is 6.08. The topological polar surface area (TPSA) is 102 Å². The maximum Gasteiger partial charge on any atom is 0.411 e. The van der Waals surface area contributed by atoms with E-state index in [1.807, 2.05) is 78.9 Å². The van der Waals surface area contributed by atoms with E-state index in [-0.39, 0.29) is 19.6 Å². The molecule has 0 aliphatic carbocycles. The second-order valence-corrected chi connectivity index (χ2v) is 9.27. The van der Waals surface area contributed by atoms with Gasteiger partial charge in [-0.15, -0.1) is 0 Å². The third-order valence-corrected chi connectivity index (χ3v) is 6.81. The van der Waals surface area contributed by atoms with Gasteiger partial charge in [0, 0.05) is 17.3 Å². The van der Waals surface area contributed by atoms with Gasteiger partial charge in [-0.05, 0) is 28.3 Å². The Balaban J connectivity index is 1.52. The zero-order valence-corrected chi connectivity index (χ0v) is 20.6. The minimum atomic E-state index is -0.930. The molecule has 3 amide bonds. The van der Waals surface area contributed by atoms with Crippen molar-refractivity contribution in [3.8, 4) is 0 Å². The number of nitrogens with two attached hydrogens (primary N) is 1. The monoisotopic (exact) mass is 535 g/mol. The summed E-state index contributed by atoms with van der Waals surface area (Å²) in [5.41, 5.74) is 9.23. The van der Waals surface area contributed by atoms with Gasteiger partial charge >= 0.3 is 6.09 Å². The molecular weight excluding hydrogens is 510 g/mol. The molecule has 2 atom stereocenters. The van der Waals surface area contributed by atoms with Crippen molar-refractivity contribution in [2.24, 2.45) is 5.73 Å². The van der Waals surface area contributed by atoms with Crippen molar-refractivity contribution in [2.75, 3.05) is 0 Å². The lowest BCUT2D eigenvalue weighted by atomic mass is 9.93. The summed E-state index contributed by atoms with van der Waals surface area (Å²) >= 11 is 3.47. The SMILES string of the molecule is NC(=O)[C@H](Cc1ccccc1Br)NC(=O)[C@@H]1Cc2ccccc2CN1C(=O)OCc1ccccc1. The van der Waals surface area contributed by atoms with Crippen molar-refractivity contribution < 1.29 is 19.1 Å². The Morgan fingerprint density at radius 3 is 2.34 bits per heavy atom. The average Bonchev–Trinajstić information content (AvgIpc) is 2.87. The first-order valence-electron chi connectivity index (χ1n) is 11.3. The van der Waals surface area contributed by atoms with Gasteiger partial charge in [-0.1, -0.05) is 88.7 Å². The van der Waals surface area contributed by atoms with Crippen LogP contribution in [0.5, 0.6) is 0 Å². The number of primary amides is 1. The maximum absolute atomic E-state index is 13.4. The van der Waals surface area contributed by atoms with Crippen LogP contribution >= 0.6 is 15.9 Å². The summed E-state index contributed by atoms with van der Waals surface area (Å²) in [5.74, 6) is -1.10. The number of fused-ring (bicyclic) bond motifs is 1. The Morgan fingerprint density at radius 1 is 0.971 bits per heavy atom. The molecule has 35 heavy (non-hydrogen) atoms. The molecule has 0 unspecified atom stereocenters. The minimum Gasteiger partial charge on any atom is -0.445 e. The van der Waals surface area contributed by atoms with Crippen LogP contribution in [0.3, 0.4) is 0 Å². The number of benzene rings is 3. The molecule has 0 radical (unpaired) electrons. The van der Waals surface area contributed by atoms with Crippen molar-refractivity contribution in [1.29, 1.82) is 0 Å². The highest BCUT2D eigenvalue weighted by atomic mass is 79.9. The number of halogens is 1. The van der Waals surface area contributed by atoms with E-state index in [2.05, 4.69) is 21.2 Å². The van der Waals surface area contributed by atoms with Crippen LogP contribution in [0.25, 0.3) is 0 Å². The van der Waals surface area contributed by atoms with Gasteiger partial charge in [-0.3, -0.25) is 14.5 Å². The average molecular weight is 536 g/mol. The molecule has 0 spiro atoms. The van der Waals surface area contributed by atoms with Gasteiger partial charge in [0.1, 0.15) is 18.7 Å². The van der Waals surface area contributed by atoms with Crippen LogP contribution in [0.15, 0.2) is 83.3 Å². The van der Waals surface area contributed by atoms with Crippen LogP contribution in [0.2, 0.25) is 0 Å². The summed E-state index contributed by atoms with van der Waals surface area (Å²) in [7, 11) is 0. The molecule has 0 bridgehead atoms. The second-order valence-electron chi connectivity index (χ2n) is 8.42. The highest BCUT2D eigenvalue weighted by molar-refractivity contribution is 9.10. The molecule has 180 valence electrons. The van der Waals surface area contributed by atoms with Gasteiger partial charge in [-0.2, -0.15) is 0 Å². The van der Waals surface area contributed by atoms with E-state index in [9.17, 15) is 14.4 Å². The van der Waals surface area contributed by atoms with E-state index >= 15 is 0 Å². The number of hydrogen-bond acceptors (Lipinski definition) is 4. The fourth-order valence-electron chi connectivity index (χ4n) is 4.13. The van der Waals surface area contributed by atoms with Gasteiger partial charge in [0.15, 0.2) is 0 Å². The van der Waals surface area contributed by atoms with E-state index in [0.29, 0.717) is 6.42 Å². The smallest absolute Gasteiger partial charge is 0.411 e. The number of amides is 3. The second kappa shape index (κ2) is 11.2. The number of nitrogens with zero attached hydrogens (tertiary/aromatic N) is 1. The maximum atomic E-state index is 13.4. The van der Waals surface area contributed by atoms with E-state index in [1.54, 1.807) is 0 Å². The molecule has 0 saturated heterocycles. The Bertz CT molecular complexity index is 1220. The van der Waals surface area contributed by atoms with Gasteiger partial charge in [0.2, 0.25) is 11.8 Å². The van der Waals surface area contributed by atoms with Crippen LogP contribution in [-0.2, 0) is 40.3 Å². The molecule has 3 N–H and O–H groups in total. The predicted molar refractivity (Wildman–Crippen MR) is 135 cm³/mol. The molecule has 3 aromatic rings. The van der Waals surface area contributed by atoms with E-state index in [1.165, 1.54) is 4.90 Å². The number of nitrogens with one attached hydrogen (secondary N) is 1. The number of carbonyl (C=O) groups excluding carboxylic acids is 3. The molecule has 7 nitrogen and oxygen atoms in total. The quantitative estimate of drug-likeness (QED) is 0.481. The molecule has 0 fully saturated rings. The molecule has 3 aromatic carbocycles. The zero-order valence-electron chi connectivity index (χ0n) is 19.0. The fourth-order valence-corrected chi connectivity index (χ4v) is 4.57. The Morgan fingerprint density at radius 2 is 1.63 bits per heavy atom. The van der Waals surface area contributed by atoms with Crippen LogP contribution in [0.1, 0.15) is 22.3 Å². The van der Waals surface area contributed by atoms with Crippen LogP contribution in [0.4, 0.5) is 4.79 Å². The molecule has 4 rings (SSSR count). The first-order valence-corrected chi connectivity index (χ1v) is 12.1. The Hall–Kier alpha value is -3.65. The summed E-state index contributed by atoms with van der Waals surface area (Å²) in [6, 6.07) is 22.7. The Kier molecular flexibility index (Phi) is 7.82. The molecular formula is C27H26BrN3O4.